The van der Waals surface area contributed by atoms with E-state index in [0.717, 1.165) is 17.0 Å². The van der Waals surface area contributed by atoms with Crippen LogP contribution in [0.4, 0.5) is 14.5 Å². The Bertz CT molecular complexity index is 1070. The molecule has 2 aromatic carbocycles. The molecule has 3 nitrogen and oxygen atoms in total. The second kappa shape index (κ2) is 7.05. The molecule has 0 saturated heterocycles. The molecule has 0 spiro atoms. The van der Waals surface area contributed by atoms with Gasteiger partial charge in [-0.05, 0) is 47.8 Å². The Morgan fingerprint density at radius 1 is 0.960 bits per heavy atom. The summed E-state index contributed by atoms with van der Waals surface area (Å²) < 4.78 is 53.8. The second-order valence-corrected chi connectivity index (χ2v) is 7.59. The number of hydrogen-bond donors (Lipinski definition) is 1. The third-order valence-corrected chi connectivity index (χ3v) is 5.33. The fraction of sp³-hybridized carbons (Fsp3) is 0. The molecule has 0 unspecified atom stereocenters. The fourth-order valence-corrected chi connectivity index (χ4v) is 3.75. The van der Waals surface area contributed by atoms with Crippen molar-refractivity contribution in [3.63, 3.8) is 0 Å². The van der Waals surface area contributed by atoms with Gasteiger partial charge in [0, 0.05) is 5.56 Å². The highest BCUT2D eigenvalue weighted by atomic mass is 32.2. The van der Waals surface area contributed by atoms with E-state index in [9.17, 15) is 17.2 Å². The van der Waals surface area contributed by atoms with Crippen LogP contribution in [0.15, 0.2) is 64.9 Å². The van der Waals surface area contributed by atoms with Gasteiger partial charge in [-0.25, -0.2) is 17.2 Å². The molecule has 0 fully saturated rings. The molecular formula is C18H11F2NO2S2. The lowest BCUT2D eigenvalue weighted by molar-refractivity contribution is 0.555. The normalized spacial score (nSPS) is 10.8. The number of rotatable bonds is 3. The summed E-state index contributed by atoms with van der Waals surface area (Å²) >= 11 is 1.49. The molecule has 25 heavy (non-hydrogen) atoms. The van der Waals surface area contributed by atoms with Gasteiger partial charge in [0.2, 0.25) is 0 Å². The highest BCUT2D eigenvalue weighted by molar-refractivity contribution is 7.92. The first-order chi connectivity index (χ1) is 11.9. The lowest BCUT2D eigenvalue weighted by atomic mass is 10.2. The Morgan fingerprint density at radius 3 is 2.56 bits per heavy atom. The number of sulfonamides is 1. The summed E-state index contributed by atoms with van der Waals surface area (Å²) in [4.78, 5) is 0.135. The number of benzene rings is 2. The van der Waals surface area contributed by atoms with Crippen molar-refractivity contribution in [3.8, 4) is 11.8 Å². The Hall–Kier alpha value is -2.69. The molecule has 126 valence electrons. The van der Waals surface area contributed by atoms with Crippen molar-refractivity contribution < 1.29 is 17.2 Å². The van der Waals surface area contributed by atoms with Crippen LogP contribution in [0.25, 0.3) is 0 Å². The van der Waals surface area contributed by atoms with Crippen LogP contribution < -0.4 is 4.72 Å². The van der Waals surface area contributed by atoms with Crippen LogP contribution in [0.3, 0.4) is 0 Å². The average molecular weight is 375 g/mol. The predicted molar refractivity (Wildman–Crippen MR) is 93.9 cm³/mol. The molecule has 3 aromatic rings. The summed E-state index contributed by atoms with van der Waals surface area (Å²) in [6.07, 6.45) is 0. The SMILES string of the molecule is O=S(=O)(Nc1cccc(C#Cc2cccs2)c1)c1cc(F)ccc1F. The minimum Gasteiger partial charge on any atom is -0.279 e. The zero-order chi connectivity index (χ0) is 17.9. The molecule has 0 aliphatic rings. The van der Waals surface area contributed by atoms with Crippen LogP contribution in [0.1, 0.15) is 10.4 Å². The topological polar surface area (TPSA) is 46.2 Å². The van der Waals surface area contributed by atoms with Gasteiger partial charge in [0.25, 0.3) is 10.0 Å². The van der Waals surface area contributed by atoms with Gasteiger partial charge in [0.1, 0.15) is 16.5 Å². The van der Waals surface area contributed by atoms with Crippen LogP contribution >= 0.6 is 11.3 Å². The minimum atomic E-state index is -4.25. The van der Waals surface area contributed by atoms with Crippen molar-refractivity contribution in [3.05, 3.63) is 82.1 Å². The molecule has 1 aromatic heterocycles. The molecule has 0 aliphatic heterocycles. The first-order valence-corrected chi connectivity index (χ1v) is 9.44. The molecule has 1 heterocycles. The van der Waals surface area contributed by atoms with E-state index in [2.05, 4.69) is 16.6 Å². The summed E-state index contributed by atoms with van der Waals surface area (Å²) in [7, 11) is -4.25. The van der Waals surface area contributed by atoms with E-state index in [4.69, 9.17) is 0 Å². The van der Waals surface area contributed by atoms with Crippen molar-refractivity contribution in [2.75, 3.05) is 4.72 Å². The van der Waals surface area contributed by atoms with Gasteiger partial charge in [-0.1, -0.05) is 24.0 Å². The number of thiophene rings is 1. The van der Waals surface area contributed by atoms with Crippen molar-refractivity contribution in [1.29, 1.82) is 0 Å². The van der Waals surface area contributed by atoms with E-state index in [1.54, 1.807) is 12.1 Å². The summed E-state index contributed by atoms with van der Waals surface area (Å²) in [5, 5.41) is 1.90. The quantitative estimate of drug-likeness (QED) is 0.697. The summed E-state index contributed by atoms with van der Waals surface area (Å²) in [6, 6.07) is 12.4. The Balaban J connectivity index is 1.88. The molecule has 0 aliphatic carbocycles. The molecule has 0 bridgehead atoms. The van der Waals surface area contributed by atoms with Crippen LogP contribution in [-0.2, 0) is 10.0 Å². The maximum atomic E-state index is 13.7. The van der Waals surface area contributed by atoms with Crippen LogP contribution in [-0.4, -0.2) is 8.42 Å². The van der Waals surface area contributed by atoms with E-state index in [1.165, 1.54) is 23.5 Å². The number of halogens is 2. The van der Waals surface area contributed by atoms with Gasteiger partial charge in [0.15, 0.2) is 0 Å². The maximum Gasteiger partial charge on any atom is 0.264 e. The Morgan fingerprint density at radius 2 is 1.80 bits per heavy atom. The largest absolute Gasteiger partial charge is 0.279 e. The predicted octanol–water partition coefficient (Wildman–Crippen LogP) is 4.23. The number of hydrogen-bond acceptors (Lipinski definition) is 3. The number of anilines is 1. The molecule has 0 saturated carbocycles. The molecule has 1 N–H and O–H groups in total. The maximum absolute atomic E-state index is 13.7. The van der Waals surface area contributed by atoms with Crippen molar-refractivity contribution in [2.45, 2.75) is 4.90 Å². The third kappa shape index (κ3) is 4.24. The van der Waals surface area contributed by atoms with Gasteiger partial charge < -0.3 is 0 Å². The first-order valence-electron chi connectivity index (χ1n) is 7.07. The Labute approximate surface area is 148 Å². The zero-order valence-electron chi connectivity index (χ0n) is 12.7. The smallest absolute Gasteiger partial charge is 0.264 e. The lowest BCUT2D eigenvalue weighted by Crippen LogP contribution is -2.15. The summed E-state index contributed by atoms with van der Waals surface area (Å²) in [5.41, 5.74) is 0.801. The standard InChI is InChI=1S/C18H11F2NO2S2/c19-14-7-9-17(20)18(12-14)25(22,23)21-15-4-1-3-13(11-15)6-8-16-5-2-10-24-16/h1-5,7,9-12,21H. The highest BCUT2D eigenvalue weighted by Crippen LogP contribution is 2.20. The first kappa shape index (κ1) is 17.1. The van der Waals surface area contributed by atoms with E-state index in [1.807, 2.05) is 17.5 Å². The van der Waals surface area contributed by atoms with Gasteiger partial charge in [-0.2, -0.15) is 0 Å². The minimum absolute atomic E-state index is 0.210. The molecule has 0 atom stereocenters. The van der Waals surface area contributed by atoms with Gasteiger partial charge >= 0.3 is 0 Å². The highest BCUT2D eigenvalue weighted by Gasteiger charge is 2.20. The third-order valence-electron chi connectivity index (χ3n) is 3.15. The fourth-order valence-electron chi connectivity index (χ4n) is 2.04. The van der Waals surface area contributed by atoms with Crippen LogP contribution in [0.2, 0.25) is 0 Å². The van der Waals surface area contributed by atoms with E-state index in [-0.39, 0.29) is 5.69 Å². The van der Waals surface area contributed by atoms with E-state index >= 15 is 0 Å². The zero-order valence-corrected chi connectivity index (χ0v) is 14.3. The number of nitrogens with one attached hydrogen (secondary N) is 1. The van der Waals surface area contributed by atoms with Gasteiger partial charge in [0.05, 0.1) is 10.6 Å². The Kier molecular flexibility index (Phi) is 4.83. The monoisotopic (exact) mass is 375 g/mol. The van der Waals surface area contributed by atoms with E-state index < -0.39 is 26.6 Å². The summed E-state index contributed by atoms with van der Waals surface area (Å²) in [6.45, 7) is 0. The van der Waals surface area contributed by atoms with Crippen molar-refractivity contribution in [2.24, 2.45) is 0 Å². The molecule has 0 amide bonds. The average Bonchev–Trinajstić information content (AvgIpc) is 3.08. The second-order valence-electron chi connectivity index (χ2n) is 4.99. The van der Waals surface area contributed by atoms with Gasteiger partial charge in [-0.15, -0.1) is 11.3 Å². The summed E-state index contributed by atoms with van der Waals surface area (Å²) in [5.74, 6) is 4.02. The van der Waals surface area contributed by atoms with Gasteiger partial charge in [-0.3, -0.25) is 4.72 Å². The van der Waals surface area contributed by atoms with Crippen molar-refractivity contribution in [1.82, 2.24) is 0 Å². The molecule has 0 radical (unpaired) electrons. The van der Waals surface area contributed by atoms with Crippen LogP contribution in [0, 0.1) is 23.5 Å². The molecule has 3 rings (SSSR count). The van der Waals surface area contributed by atoms with Crippen LogP contribution in [0.5, 0.6) is 0 Å². The molecular weight excluding hydrogens is 364 g/mol. The van der Waals surface area contributed by atoms with Crippen molar-refractivity contribution >= 4 is 27.0 Å². The molecule has 7 heteroatoms. The lowest BCUT2D eigenvalue weighted by Gasteiger charge is -2.09. The van der Waals surface area contributed by atoms with E-state index in [0.29, 0.717) is 11.6 Å².